The molecule has 4 nitrogen and oxygen atoms in total. The highest BCUT2D eigenvalue weighted by molar-refractivity contribution is 6.30. The van der Waals surface area contributed by atoms with E-state index in [9.17, 15) is 9.90 Å². The van der Waals surface area contributed by atoms with Crippen molar-refractivity contribution in [2.24, 2.45) is 0 Å². The van der Waals surface area contributed by atoms with Crippen LogP contribution < -0.4 is 10.1 Å². The van der Waals surface area contributed by atoms with Gasteiger partial charge in [0.2, 0.25) is 0 Å². The summed E-state index contributed by atoms with van der Waals surface area (Å²) in [4.78, 5) is 11.5. The van der Waals surface area contributed by atoms with E-state index in [1.807, 2.05) is 0 Å². The Morgan fingerprint density at radius 3 is 2.94 bits per heavy atom. The molecule has 0 saturated carbocycles. The van der Waals surface area contributed by atoms with Gasteiger partial charge in [0.05, 0.1) is 7.11 Å². The van der Waals surface area contributed by atoms with E-state index in [2.05, 4.69) is 5.32 Å². The number of hydrogen-bond donors (Lipinski definition) is 2. The van der Waals surface area contributed by atoms with Crippen molar-refractivity contribution in [2.75, 3.05) is 13.7 Å². The summed E-state index contributed by atoms with van der Waals surface area (Å²) in [6, 6.07) is 5.27. The molecule has 1 aliphatic heterocycles. The Morgan fingerprint density at radius 1 is 1.61 bits per heavy atom. The zero-order valence-electron chi connectivity index (χ0n) is 10.2. The van der Waals surface area contributed by atoms with Gasteiger partial charge in [-0.3, -0.25) is 4.79 Å². The molecule has 0 spiro atoms. The molecule has 98 valence electrons. The number of ether oxygens (including phenoxy) is 1. The number of hydrogen-bond acceptors (Lipinski definition) is 3. The monoisotopic (exact) mass is 269 g/mol. The lowest BCUT2D eigenvalue weighted by Crippen LogP contribution is -2.49. The Balaban J connectivity index is 2.32. The van der Waals surface area contributed by atoms with E-state index in [1.54, 1.807) is 25.3 Å². The van der Waals surface area contributed by atoms with Gasteiger partial charge in [0.25, 0.3) is 0 Å². The average molecular weight is 270 g/mol. The van der Waals surface area contributed by atoms with E-state index in [1.165, 1.54) is 0 Å². The van der Waals surface area contributed by atoms with Crippen molar-refractivity contribution in [3.63, 3.8) is 0 Å². The summed E-state index contributed by atoms with van der Waals surface area (Å²) in [6.07, 6.45) is 1.87. The van der Waals surface area contributed by atoms with E-state index in [0.717, 1.165) is 18.5 Å². The molecule has 0 radical (unpaired) electrons. The van der Waals surface area contributed by atoms with Crippen LogP contribution >= 0.6 is 11.6 Å². The lowest BCUT2D eigenvalue weighted by Gasteiger charge is -2.25. The Morgan fingerprint density at radius 2 is 2.39 bits per heavy atom. The lowest BCUT2D eigenvalue weighted by atomic mass is 9.89. The molecule has 1 atom stereocenters. The van der Waals surface area contributed by atoms with Gasteiger partial charge in [-0.05, 0) is 43.1 Å². The second kappa shape index (κ2) is 5.16. The summed E-state index contributed by atoms with van der Waals surface area (Å²) < 4.78 is 5.26. The van der Waals surface area contributed by atoms with Gasteiger partial charge in [0.1, 0.15) is 11.3 Å². The summed E-state index contributed by atoms with van der Waals surface area (Å²) in [6.45, 7) is 0.731. The first kappa shape index (κ1) is 13.2. The number of nitrogens with one attached hydrogen (secondary N) is 1. The van der Waals surface area contributed by atoms with Crippen LogP contribution in [0.5, 0.6) is 5.75 Å². The van der Waals surface area contributed by atoms with E-state index in [0.29, 0.717) is 23.6 Å². The van der Waals surface area contributed by atoms with Crippen LogP contribution in [-0.4, -0.2) is 30.3 Å². The summed E-state index contributed by atoms with van der Waals surface area (Å²) in [7, 11) is 1.57. The molecule has 1 aromatic rings. The topological polar surface area (TPSA) is 58.6 Å². The Kier molecular flexibility index (Phi) is 3.78. The van der Waals surface area contributed by atoms with Crippen LogP contribution in [0.2, 0.25) is 5.02 Å². The largest absolute Gasteiger partial charge is 0.496 e. The molecule has 1 aliphatic rings. The first-order valence-electron chi connectivity index (χ1n) is 5.88. The highest BCUT2D eigenvalue weighted by Gasteiger charge is 2.41. The second-order valence-electron chi connectivity index (χ2n) is 4.55. The van der Waals surface area contributed by atoms with Crippen LogP contribution in [0.4, 0.5) is 0 Å². The van der Waals surface area contributed by atoms with Crippen LogP contribution in [0.1, 0.15) is 18.4 Å². The van der Waals surface area contributed by atoms with Gasteiger partial charge in [0, 0.05) is 11.4 Å². The van der Waals surface area contributed by atoms with Crippen molar-refractivity contribution < 1.29 is 14.6 Å². The molecular formula is C13H16ClNO3. The molecule has 2 rings (SSSR count). The second-order valence-corrected chi connectivity index (χ2v) is 4.99. The van der Waals surface area contributed by atoms with Crippen molar-refractivity contribution in [3.05, 3.63) is 28.8 Å². The molecular weight excluding hydrogens is 254 g/mol. The van der Waals surface area contributed by atoms with E-state index in [-0.39, 0.29) is 0 Å². The van der Waals surface area contributed by atoms with Crippen LogP contribution in [0.3, 0.4) is 0 Å². The van der Waals surface area contributed by atoms with Crippen molar-refractivity contribution in [2.45, 2.75) is 24.8 Å². The summed E-state index contributed by atoms with van der Waals surface area (Å²) in [5.74, 6) is -0.143. The Hall–Kier alpha value is -1.26. The smallest absolute Gasteiger partial charge is 0.324 e. The van der Waals surface area contributed by atoms with Crippen molar-refractivity contribution in [1.82, 2.24) is 5.32 Å². The predicted molar refractivity (Wildman–Crippen MR) is 69.3 cm³/mol. The molecule has 0 aromatic heterocycles. The van der Waals surface area contributed by atoms with Crippen LogP contribution in [0, 0.1) is 0 Å². The van der Waals surface area contributed by atoms with Gasteiger partial charge < -0.3 is 15.2 Å². The Bertz CT molecular complexity index is 456. The molecule has 1 aromatic carbocycles. The van der Waals surface area contributed by atoms with Crippen molar-refractivity contribution >= 4 is 17.6 Å². The fourth-order valence-electron chi connectivity index (χ4n) is 2.43. The SMILES string of the molecule is COc1ccc(Cl)cc1CC1(C(=O)O)CCCN1. The average Bonchev–Trinajstić information content (AvgIpc) is 2.79. The third kappa shape index (κ3) is 2.44. The van der Waals surface area contributed by atoms with Gasteiger partial charge in [-0.1, -0.05) is 11.6 Å². The van der Waals surface area contributed by atoms with Gasteiger partial charge in [0.15, 0.2) is 0 Å². The molecule has 1 saturated heterocycles. The van der Waals surface area contributed by atoms with Gasteiger partial charge >= 0.3 is 5.97 Å². The number of methoxy groups -OCH3 is 1. The van der Waals surface area contributed by atoms with E-state index in [4.69, 9.17) is 16.3 Å². The van der Waals surface area contributed by atoms with Crippen LogP contribution in [0.15, 0.2) is 18.2 Å². The minimum Gasteiger partial charge on any atom is -0.496 e. The predicted octanol–water partition coefficient (Wildman–Crippen LogP) is 2.10. The quantitative estimate of drug-likeness (QED) is 0.879. The molecule has 1 heterocycles. The molecule has 0 aliphatic carbocycles. The molecule has 1 fully saturated rings. The molecule has 0 amide bonds. The number of carboxylic acid groups (broad SMARTS) is 1. The molecule has 5 heteroatoms. The van der Waals surface area contributed by atoms with Gasteiger partial charge in [-0.15, -0.1) is 0 Å². The van der Waals surface area contributed by atoms with Crippen LogP contribution in [0.25, 0.3) is 0 Å². The standard InChI is InChI=1S/C13H16ClNO3/c1-18-11-4-3-10(14)7-9(11)8-13(12(16)17)5-2-6-15-13/h3-4,7,15H,2,5-6,8H2,1H3,(H,16,17). The first-order valence-corrected chi connectivity index (χ1v) is 6.26. The van der Waals surface area contributed by atoms with E-state index >= 15 is 0 Å². The number of carbonyl (C=O) groups is 1. The maximum absolute atomic E-state index is 11.5. The highest BCUT2D eigenvalue weighted by atomic mass is 35.5. The maximum Gasteiger partial charge on any atom is 0.324 e. The molecule has 2 N–H and O–H groups in total. The summed E-state index contributed by atoms with van der Waals surface area (Å²) in [5, 5.41) is 13.1. The summed E-state index contributed by atoms with van der Waals surface area (Å²) in [5.41, 5.74) is -0.0698. The molecule has 1 unspecified atom stereocenters. The lowest BCUT2D eigenvalue weighted by molar-refractivity contribution is -0.144. The first-order chi connectivity index (χ1) is 8.57. The molecule has 0 bridgehead atoms. The third-order valence-electron chi connectivity index (χ3n) is 3.39. The van der Waals surface area contributed by atoms with Crippen molar-refractivity contribution in [1.29, 1.82) is 0 Å². The fraction of sp³-hybridized carbons (Fsp3) is 0.462. The third-order valence-corrected chi connectivity index (χ3v) is 3.62. The zero-order valence-corrected chi connectivity index (χ0v) is 11.0. The zero-order chi connectivity index (χ0) is 13.2. The fourth-order valence-corrected chi connectivity index (χ4v) is 2.62. The molecule has 18 heavy (non-hydrogen) atoms. The normalized spacial score (nSPS) is 23.0. The minimum absolute atomic E-state index is 0.381. The Labute approximate surface area is 111 Å². The van der Waals surface area contributed by atoms with E-state index < -0.39 is 11.5 Å². The number of aliphatic carboxylic acids is 1. The van der Waals surface area contributed by atoms with Gasteiger partial charge in [-0.25, -0.2) is 0 Å². The minimum atomic E-state index is -0.891. The van der Waals surface area contributed by atoms with Crippen molar-refractivity contribution in [3.8, 4) is 5.75 Å². The summed E-state index contributed by atoms with van der Waals surface area (Å²) >= 11 is 5.96. The number of benzene rings is 1. The number of carboxylic acids is 1. The highest BCUT2D eigenvalue weighted by Crippen LogP contribution is 2.30. The number of rotatable bonds is 4. The van der Waals surface area contributed by atoms with Crippen LogP contribution in [-0.2, 0) is 11.2 Å². The number of halogens is 1. The maximum atomic E-state index is 11.5. The van der Waals surface area contributed by atoms with Gasteiger partial charge in [-0.2, -0.15) is 0 Å².